The fourth-order valence-electron chi connectivity index (χ4n) is 2.29. The maximum absolute atomic E-state index is 12.1. The van der Waals surface area contributed by atoms with Crippen LogP contribution >= 0.6 is 12.4 Å². The van der Waals surface area contributed by atoms with Gasteiger partial charge in [-0.2, -0.15) is 0 Å². The van der Waals surface area contributed by atoms with E-state index in [1.54, 1.807) is 14.2 Å². The first-order valence-corrected chi connectivity index (χ1v) is 6.38. The Labute approximate surface area is 125 Å². The van der Waals surface area contributed by atoms with Gasteiger partial charge in [0.25, 0.3) is 0 Å². The topological polar surface area (TPSA) is 64.8 Å². The Bertz CT molecular complexity index is 468. The van der Waals surface area contributed by atoms with E-state index in [2.05, 4.69) is 0 Å². The number of hydrogen-bond acceptors (Lipinski definition) is 4. The molecule has 1 aliphatic rings. The van der Waals surface area contributed by atoms with Crippen molar-refractivity contribution in [1.82, 2.24) is 4.90 Å². The van der Waals surface area contributed by atoms with Crippen molar-refractivity contribution in [2.45, 2.75) is 18.9 Å². The van der Waals surface area contributed by atoms with Crippen LogP contribution in [0.4, 0.5) is 0 Å². The number of nitrogens with two attached hydrogens (primary N) is 1. The molecule has 1 aliphatic heterocycles. The molecule has 0 aromatic heterocycles. The number of carbonyl (C=O) groups is 1. The fraction of sp³-hybridized carbons (Fsp3) is 0.500. The minimum atomic E-state index is 0. The summed E-state index contributed by atoms with van der Waals surface area (Å²) in [5, 5.41) is 0. The minimum Gasteiger partial charge on any atom is -0.493 e. The van der Waals surface area contributed by atoms with Gasteiger partial charge >= 0.3 is 0 Å². The van der Waals surface area contributed by atoms with Crippen molar-refractivity contribution in [2.75, 3.05) is 27.3 Å². The highest BCUT2D eigenvalue weighted by molar-refractivity contribution is 5.85. The Morgan fingerprint density at radius 1 is 1.35 bits per heavy atom. The van der Waals surface area contributed by atoms with Crippen LogP contribution < -0.4 is 15.2 Å². The van der Waals surface area contributed by atoms with E-state index in [0.29, 0.717) is 24.5 Å². The number of halogens is 1. The lowest BCUT2D eigenvalue weighted by molar-refractivity contribution is -0.129. The van der Waals surface area contributed by atoms with Crippen LogP contribution in [-0.2, 0) is 11.2 Å². The van der Waals surface area contributed by atoms with E-state index < -0.39 is 0 Å². The van der Waals surface area contributed by atoms with Gasteiger partial charge in [0.2, 0.25) is 5.91 Å². The normalized spacial score (nSPS) is 17.6. The molecule has 0 bridgehead atoms. The summed E-state index contributed by atoms with van der Waals surface area (Å²) < 4.78 is 10.4. The maximum Gasteiger partial charge on any atom is 0.227 e. The standard InChI is InChI=1S/C14H20N2O3.ClH/c1-18-12-4-3-10(7-13(12)19-2)8-14(17)16-6-5-11(15)9-16;/h3-4,7,11H,5-6,8-9,15H2,1-2H3;1H. The molecular weight excluding hydrogens is 280 g/mol. The van der Waals surface area contributed by atoms with Crippen LogP contribution in [-0.4, -0.2) is 44.2 Å². The van der Waals surface area contributed by atoms with Gasteiger partial charge in [0, 0.05) is 19.1 Å². The number of nitrogens with zero attached hydrogens (tertiary/aromatic N) is 1. The van der Waals surface area contributed by atoms with Gasteiger partial charge in [-0.1, -0.05) is 6.07 Å². The quantitative estimate of drug-likeness (QED) is 0.908. The maximum atomic E-state index is 12.1. The van der Waals surface area contributed by atoms with Crippen molar-refractivity contribution in [3.8, 4) is 11.5 Å². The van der Waals surface area contributed by atoms with Gasteiger partial charge in [0.1, 0.15) is 0 Å². The average molecular weight is 301 g/mol. The zero-order chi connectivity index (χ0) is 13.8. The molecule has 0 spiro atoms. The predicted octanol–water partition coefficient (Wildman–Crippen LogP) is 1.23. The summed E-state index contributed by atoms with van der Waals surface area (Å²) in [5.41, 5.74) is 6.73. The molecule has 5 nitrogen and oxygen atoms in total. The summed E-state index contributed by atoms with van der Waals surface area (Å²) in [5.74, 6) is 1.42. The fourth-order valence-corrected chi connectivity index (χ4v) is 2.29. The van der Waals surface area contributed by atoms with Crippen LogP contribution in [0.2, 0.25) is 0 Å². The highest BCUT2D eigenvalue weighted by Gasteiger charge is 2.23. The zero-order valence-corrected chi connectivity index (χ0v) is 12.6. The first-order valence-electron chi connectivity index (χ1n) is 6.38. The van der Waals surface area contributed by atoms with Crippen LogP contribution in [0.1, 0.15) is 12.0 Å². The molecule has 0 saturated carbocycles. The van der Waals surface area contributed by atoms with Crippen molar-refractivity contribution < 1.29 is 14.3 Å². The van der Waals surface area contributed by atoms with Crippen LogP contribution in [0.5, 0.6) is 11.5 Å². The molecule has 1 amide bonds. The smallest absolute Gasteiger partial charge is 0.227 e. The average Bonchev–Trinajstić information content (AvgIpc) is 2.85. The zero-order valence-electron chi connectivity index (χ0n) is 11.8. The van der Waals surface area contributed by atoms with Gasteiger partial charge in [-0.25, -0.2) is 0 Å². The molecule has 1 atom stereocenters. The third-order valence-electron chi connectivity index (χ3n) is 3.38. The van der Waals surface area contributed by atoms with Crippen molar-refractivity contribution in [3.63, 3.8) is 0 Å². The first-order chi connectivity index (χ1) is 9.13. The Morgan fingerprint density at radius 3 is 2.60 bits per heavy atom. The van der Waals surface area contributed by atoms with Gasteiger partial charge < -0.3 is 20.1 Å². The Morgan fingerprint density at radius 2 is 2.05 bits per heavy atom. The Balaban J connectivity index is 0.00000200. The van der Waals surface area contributed by atoms with Gasteiger partial charge in [0.05, 0.1) is 20.6 Å². The van der Waals surface area contributed by atoms with Crippen LogP contribution in [0.3, 0.4) is 0 Å². The second-order valence-electron chi connectivity index (χ2n) is 4.75. The Hall–Kier alpha value is -1.46. The molecule has 1 unspecified atom stereocenters. The molecular formula is C14H21ClN2O3. The van der Waals surface area contributed by atoms with Gasteiger partial charge in [-0.3, -0.25) is 4.79 Å². The highest BCUT2D eigenvalue weighted by Crippen LogP contribution is 2.28. The number of rotatable bonds is 4. The second-order valence-corrected chi connectivity index (χ2v) is 4.75. The summed E-state index contributed by atoms with van der Waals surface area (Å²) in [6.07, 6.45) is 1.25. The van der Waals surface area contributed by atoms with Crippen LogP contribution in [0.15, 0.2) is 18.2 Å². The molecule has 1 fully saturated rings. The van der Waals surface area contributed by atoms with Crippen molar-refractivity contribution in [3.05, 3.63) is 23.8 Å². The summed E-state index contributed by atoms with van der Waals surface area (Å²) in [6, 6.07) is 5.66. The monoisotopic (exact) mass is 300 g/mol. The lowest BCUT2D eigenvalue weighted by Crippen LogP contribution is -2.32. The third kappa shape index (κ3) is 3.77. The first kappa shape index (κ1) is 16.6. The number of amides is 1. The molecule has 20 heavy (non-hydrogen) atoms. The summed E-state index contributed by atoms with van der Waals surface area (Å²) in [6.45, 7) is 1.42. The van der Waals surface area contributed by atoms with Crippen LogP contribution in [0.25, 0.3) is 0 Å². The van der Waals surface area contributed by atoms with Crippen molar-refractivity contribution >= 4 is 18.3 Å². The molecule has 2 N–H and O–H groups in total. The lowest BCUT2D eigenvalue weighted by atomic mass is 10.1. The van der Waals surface area contributed by atoms with Crippen LogP contribution in [0, 0.1) is 0 Å². The molecule has 1 aromatic carbocycles. The highest BCUT2D eigenvalue weighted by atomic mass is 35.5. The number of carbonyl (C=O) groups excluding carboxylic acids is 1. The molecule has 112 valence electrons. The van der Waals surface area contributed by atoms with E-state index in [4.69, 9.17) is 15.2 Å². The summed E-state index contributed by atoms with van der Waals surface area (Å²) in [4.78, 5) is 13.9. The van der Waals surface area contributed by atoms with Gasteiger partial charge in [-0.05, 0) is 24.1 Å². The van der Waals surface area contributed by atoms with E-state index in [1.165, 1.54) is 0 Å². The molecule has 1 saturated heterocycles. The van der Waals surface area contributed by atoms with Crippen molar-refractivity contribution in [1.29, 1.82) is 0 Å². The molecule has 0 radical (unpaired) electrons. The molecule has 6 heteroatoms. The van der Waals surface area contributed by atoms with Crippen molar-refractivity contribution in [2.24, 2.45) is 5.73 Å². The largest absolute Gasteiger partial charge is 0.493 e. The molecule has 0 aliphatic carbocycles. The third-order valence-corrected chi connectivity index (χ3v) is 3.38. The minimum absolute atomic E-state index is 0. The number of benzene rings is 1. The number of likely N-dealkylation sites (tertiary alicyclic amines) is 1. The summed E-state index contributed by atoms with van der Waals surface area (Å²) in [7, 11) is 3.18. The molecule has 1 heterocycles. The Kier molecular flexibility index (Phi) is 6.10. The van der Waals surface area contributed by atoms with E-state index in [1.807, 2.05) is 23.1 Å². The van der Waals surface area contributed by atoms with E-state index in [0.717, 1.165) is 18.5 Å². The number of hydrogen-bond donors (Lipinski definition) is 1. The van der Waals surface area contributed by atoms with E-state index >= 15 is 0 Å². The lowest BCUT2D eigenvalue weighted by Gasteiger charge is -2.16. The van der Waals surface area contributed by atoms with E-state index in [-0.39, 0.29) is 24.4 Å². The predicted molar refractivity (Wildman–Crippen MR) is 79.7 cm³/mol. The number of methoxy groups -OCH3 is 2. The van der Waals surface area contributed by atoms with Gasteiger partial charge in [-0.15, -0.1) is 12.4 Å². The summed E-state index contributed by atoms with van der Waals surface area (Å²) >= 11 is 0. The van der Waals surface area contributed by atoms with Gasteiger partial charge in [0.15, 0.2) is 11.5 Å². The SMILES string of the molecule is COc1ccc(CC(=O)N2CCC(N)C2)cc1OC.Cl. The second kappa shape index (κ2) is 7.36. The van der Waals surface area contributed by atoms with E-state index in [9.17, 15) is 4.79 Å². The molecule has 2 rings (SSSR count). The number of ether oxygens (including phenoxy) is 2. The molecule has 1 aromatic rings.